The fraction of sp³-hybridized carbons (Fsp3) is 0.118. The highest BCUT2D eigenvalue weighted by Gasteiger charge is 2.28. The maximum atomic E-state index is 6.41. The standard InChI is InChI=1S/C17H11BrCl2N4OS/c1-26-17-22-16-14(23-24-17)10-7-8(18)5-6-12(10)21-15(25-16)9-3-2-4-11(19)13(9)20/h2-7,15,21H,1H3/t15-/m0/s1. The average Bonchev–Trinajstić information content (AvgIpc) is 2.80. The lowest BCUT2D eigenvalue weighted by molar-refractivity contribution is 0.225. The van der Waals surface area contributed by atoms with Gasteiger partial charge in [0, 0.05) is 21.3 Å². The molecule has 26 heavy (non-hydrogen) atoms. The molecule has 0 bridgehead atoms. The van der Waals surface area contributed by atoms with Crippen molar-refractivity contribution < 1.29 is 4.74 Å². The number of thioether (sulfide) groups is 1. The molecule has 0 saturated heterocycles. The summed E-state index contributed by atoms with van der Waals surface area (Å²) in [7, 11) is 0. The molecule has 3 aromatic rings. The highest BCUT2D eigenvalue weighted by atomic mass is 79.9. The zero-order chi connectivity index (χ0) is 18.3. The minimum atomic E-state index is -0.575. The Morgan fingerprint density at radius 1 is 1.19 bits per heavy atom. The summed E-state index contributed by atoms with van der Waals surface area (Å²) in [6.07, 6.45) is 1.31. The van der Waals surface area contributed by atoms with Gasteiger partial charge < -0.3 is 10.1 Å². The predicted molar refractivity (Wildman–Crippen MR) is 108 cm³/mol. The molecule has 0 fully saturated rings. The van der Waals surface area contributed by atoms with Crippen LogP contribution in [-0.2, 0) is 0 Å². The number of nitrogens with one attached hydrogen (secondary N) is 1. The van der Waals surface area contributed by atoms with Gasteiger partial charge in [0.15, 0.2) is 11.9 Å². The maximum Gasteiger partial charge on any atom is 0.247 e. The predicted octanol–water partition coefficient (Wildman–Crippen LogP) is 5.83. The van der Waals surface area contributed by atoms with Gasteiger partial charge in [0.05, 0.1) is 10.0 Å². The van der Waals surface area contributed by atoms with Crippen LogP contribution >= 0.6 is 50.9 Å². The van der Waals surface area contributed by atoms with Crippen molar-refractivity contribution in [1.29, 1.82) is 0 Å². The van der Waals surface area contributed by atoms with E-state index >= 15 is 0 Å². The lowest BCUT2D eigenvalue weighted by Crippen LogP contribution is -2.17. The van der Waals surface area contributed by atoms with Crippen LogP contribution in [0.4, 0.5) is 5.69 Å². The van der Waals surface area contributed by atoms with Crippen LogP contribution in [0.2, 0.25) is 10.0 Å². The van der Waals surface area contributed by atoms with Gasteiger partial charge in [0.25, 0.3) is 0 Å². The molecule has 1 aromatic heterocycles. The van der Waals surface area contributed by atoms with Crippen molar-refractivity contribution in [3.8, 4) is 17.1 Å². The van der Waals surface area contributed by atoms with E-state index in [2.05, 4.69) is 36.4 Å². The quantitative estimate of drug-likeness (QED) is 0.476. The molecule has 1 aliphatic rings. The molecule has 1 aliphatic heterocycles. The first-order chi connectivity index (χ1) is 12.6. The second kappa shape index (κ2) is 7.23. The minimum Gasteiger partial charge on any atom is -0.448 e. The van der Waals surface area contributed by atoms with E-state index < -0.39 is 6.23 Å². The van der Waals surface area contributed by atoms with E-state index in [4.69, 9.17) is 27.9 Å². The molecule has 1 N–H and O–H groups in total. The third-order valence-corrected chi connectivity index (χ3v) is 5.70. The van der Waals surface area contributed by atoms with E-state index in [0.29, 0.717) is 32.3 Å². The Balaban J connectivity index is 1.91. The number of nitrogens with zero attached hydrogens (tertiary/aromatic N) is 3. The number of rotatable bonds is 2. The molecule has 0 aliphatic carbocycles. The Morgan fingerprint density at radius 2 is 2.04 bits per heavy atom. The van der Waals surface area contributed by atoms with Crippen molar-refractivity contribution in [1.82, 2.24) is 15.2 Å². The van der Waals surface area contributed by atoms with Gasteiger partial charge in [0.1, 0.15) is 0 Å². The van der Waals surface area contributed by atoms with E-state index in [9.17, 15) is 0 Å². The van der Waals surface area contributed by atoms with Gasteiger partial charge in [-0.05, 0) is 30.5 Å². The number of anilines is 1. The van der Waals surface area contributed by atoms with Crippen molar-refractivity contribution in [2.75, 3.05) is 11.6 Å². The molecule has 5 nitrogen and oxygen atoms in total. The van der Waals surface area contributed by atoms with Crippen LogP contribution in [0.25, 0.3) is 11.3 Å². The Hall–Kier alpha value is -1.54. The number of halogens is 3. The summed E-state index contributed by atoms with van der Waals surface area (Å²) in [4.78, 5) is 4.48. The van der Waals surface area contributed by atoms with Gasteiger partial charge >= 0.3 is 0 Å². The molecule has 0 amide bonds. The van der Waals surface area contributed by atoms with Crippen molar-refractivity contribution in [3.05, 3.63) is 56.5 Å². The summed E-state index contributed by atoms with van der Waals surface area (Å²) in [6, 6.07) is 11.2. The fourth-order valence-corrected chi connectivity index (χ4v) is 3.68. The van der Waals surface area contributed by atoms with Crippen LogP contribution in [0, 0.1) is 0 Å². The lowest BCUT2D eigenvalue weighted by Gasteiger charge is -2.20. The second-order valence-electron chi connectivity index (χ2n) is 5.43. The Labute approximate surface area is 172 Å². The Morgan fingerprint density at radius 3 is 2.85 bits per heavy atom. The minimum absolute atomic E-state index is 0.384. The summed E-state index contributed by atoms with van der Waals surface area (Å²) in [5, 5.41) is 13.2. The van der Waals surface area contributed by atoms with Gasteiger partial charge in [-0.2, -0.15) is 4.98 Å². The Bertz CT molecular complexity index is 1000. The zero-order valence-electron chi connectivity index (χ0n) is 13.3. The average molecular weight is 470 g/mol. The summed E-state index contributed by atoms with van der Waals surface area (Å²) in [5.74, 6) is 0.384. The molecule has 1 atom stereocenters. The molecule has 132 valence electrons. The summed E-state index contributed by atoms with van der Waals surface area (Å²) >= 11 is 17.5. The summed E-state index contributed by atoms with van der Waals surface area (Å²) in [6.45, 7) is 0. The molecular formula is C17H11BrCl2N4OS. The second-order valence-corrected chi connectivity index (χ2v) is 7.90. The summed E-state index contributed by atoms with van der Waals surface area (Å²) in [5.41, 5.74) is 2.95. The van der Waals surface area contributed by atoms with E-state index in [0.717, 1.165) is 15.7 Å². The van der Waals surface area contributed by atoms with E-state index in [1.54, 1.807) is 6.07 Å². The number of hydrogen-bond donors (Lipinski definition) is 1. The van der Waals surface area contributed by atoms with Crippen molar-refractivity contribution in [2.24, 2.45) is 0 Å². The van der Waals surface area contributed by atoms with Crippen molar-refractivity contribution in [2.45, 2.75) is 11.4 Å². The van der Waals surface area contributed by atoms with Gasteiger partial charge in [-0.1, -0.05) is 63.0 Å². The first kappa shape index (κ1) is 17.9. The van der Waals surface area contributed by atoms with Crippen LogP contribution < -0.4 is 10.1 Å². The normalized spacial score (nSPS) is 15.3. The monoisotopic (exact) mass is 468 g/mol. The van der Waals surface area contributed by atoms with Crippen LogP contribution in [0.3, 0.4) is 0 Å². The SMILES string of the molecule is CSc1nnc2c(n1)O[C@@H](c1cccc(Cl)c1Cl)Nc1ccc(Br)cc1-2. The third kappa shape index (κ3) is 3.24. The molecular weight excluding hydrogens is 459 g/mol. The molecule has 0 spiro atoms. The van der Waals surface area contributed by atoms with Crippen LogP contribution in [0.1, 0.15) is 11.8 Å². The number of benzene rings is 2. The maximum absolute atomic E-state index is 6.41. The number of aromatic nitrogens is 3. The number of hydrogen-bond acceptors (Lipinski definition) is 6. The Kier molecular flexibility index (Phi) is 4.96. The molecule has 0 radical (unpaired) electrons. The van der Waals surface area contributed by atoms with Gasteiger partial charge in [-0.15, -0.1) is 10.2 Å². The first-order valence-electron chi connectivity index (χ1n) is 7.52. The number of fused-ring (bicyclic) bond motifs is 3. The molecule has 4 rings (SSSR count). The van der Waals surface area contributed by atoms with Gasteiger partial charge in [-0.3, -0.25) is 0 Å². The fourth-order valence-electron chi connectivity index (χ4n) is 2.62. The zero-order valence-corrected chi connectivity index (χ0v) is 17.2. The molecule has 2 heterocycles. The molecule has 2 aromatic carbocycles. The molecule has 9 heteroatoms. The molecule has 0 saturated carbocycles. The first-order valence-corrected chi connectivity index (χ1v) is 10.3. The van der Waals surface area contributed by atoms with E-state index in [1.165, 1.54) is 11.8 Å². The smallest absolute Gasteiger partial charge is 0.247 e. The van der Waals surface area contributed by atoms with E-state index in [1.807, 2.05) is 36.6 Å². The van der Waals surface area contributed by atoms with E-state index in [-0.39, 0.29) is 0 Å². The largest absolute Gasteiger partial charge is 0.448 e. The van der Waals surface area contributed by atoms with Gasteiger partial charge in [0.2, 0.25) is 11.0 Å². The highest BCUT2D eigenvalue weighted by Crippen LogP contribution is 2.42. The third-order valence-electron chi connectivity index (χ3n) is 3.83. The highest BCUT2D eigenvalue weighted by molar-refractivity contribution is 9.10. The lowest BCUT2D eigenvalue weighted by atomic mass is 10.1. The molecule has 0 unspecified atom stereocenters. The van der Waals surface area contributed by atoms with Crippen molar-refractivity contribution in [3.63, 3.8) is 0 Å². The van der Waals surface area contributed by atoms with Crippen molar-refractivity contribution >= 4 is 56.6 Å². The van der Waals surface area contributed by atoms with Crippen LogP contribution in [0.5, 0.6) is 5.88 Å². The van der Waals surface area contributed by atoms with Gasteiger partial charge in [-0.25, -0.2) is 0 Å². The van der Waals surface area contributed by atoms with Crippen LogP contribution in [-0.4, -0.2) is 21.4 Å². The van der Waals surface area contributed by atoms with Crippen LogP contribution in [0.15, 0.2) is 46.0 Å². The topological polar surface area (TPSA) is 59.9 Å². The summed E-state index contributed by atoms with van der Waals surface area (Å²) < 4.78 is 7.06. The number of ether oxygens (including phenoxy) is 1.